The standard InChI is InChI=1S/C19H27N5O/c1-3-10-24-12-16(14(2)23-24)17-6-9-20-18(22-17)21-15-11-19(25-13-15)7-4-5-8-19/h6,9,12,15H,3-5,7-8,10-11,13H2,1-2H3,(H,20,21,22). The van der Waals surface area contributed by atoms with E-state index in [9.17, 15) is 0 Å². The van der Waals surface area contributed by atoms with Gasteiger partial charge in [-0.15, -0.1) is 0 Å². The molecule has 4 rings (SSSR count). The highest BCUT2D eigenvalue weighted by atomic mass is 16.5. The summed E-state index contributed by atoms with van der Waals surface area (Å²) in [5, 5.41) is 8.05. The Labute approximate surface area is 149 Å². The Kier molecular flexibility index (Phi) is 4.46. The van der Waals surface area contributed by atoms with Gasteiger partial charge in [-0.05, 0) is 38.7 Å². The lowest BCUT2D eigenvalue weighted by molar-refractivity contribution is 0.0103. The molecule has 0 bridgehead atoms. The van der Waals surface area contributed by atoms with Crippen LogP contribution in [0.4, 0.5) is 5.95 Å². The van der Waals surface area contributed by atoms with Crippen LogP contribution in [0, 0.1) is 6.92 Å². The summed E-state index contributed by atoms with van der Waals surface area (Å²) in [5.41, 5.74) is 3.13. The minimum Gasteiger partial charge on any atom is -0.373 e. The van der Waals surface area contributed by atoms with Gasteiger partial charge in [-0.3, -0.25) is 4.68 Å². The quantitative estimate of drug-likeness (QED) is 0.900. The Morgan fingerprint density at radius 2 is 2.20 bits per heavy atom. The van der Waals surface area contributed by atoms with Crippen LogP contribution in [0.5, 0.6) is 0 Å². The molecule has 2 aromatic rings. The first kappa shape index (κ1) is 16.5. The SMILES string of the molecule is CCCn1cc(-c2ccnc(NC3COC4(CCCC4)C3)n2)c(C)n1. The van der Waals surface area contributed by atoms with Crippen molar-refractivity contribution in [2.75, 3.05) is 11.9 Å². The van der Waals surface area contributed by atoms with E-state index in [0.29, 0.717) is 12.0 Å². The Hall–Kier alpha value is -1.95. The first-order valence-corrected chi connectivity index (χ1v) is 9.45. The van der Waals surface area contributed by atoms with Crippen molar-refractivity contribution in [1.29, 1.82) is 0 Å². The second-order valence-electron chi connectivity index (χ2n) is 7.40. The fourth-order valence-corrected chi connectivity index (χ4v) is 4.18. The molecule has 6 nitrogen and oxygen atoms in total. The van der Waals surface area contributed by atoms with Crippen molar-refractivity contribution in [2.45, 2.75) is 70.6 Å². The Morgan fingerprint density at radius 1 is 1.36 bits per heavy atom. The van der Waals surface area contributed by atoms with Crippen LogP contribution in [0.2, 0.25) is 0 Å². The van der Waals surface area contributed by atoms with Crippen molar-refractivity contribution < 1.29 is 4.74 Å². The van der Waals surface area contributed by atoms with Crippen LogP contribution in [0.1, 0.15) is 51.1 Å². The van der Waals surface area contributed by atoms with E-state index in [0.717, 1.165) is 42.9 Å². The number of aryl methyl sites for hydroxylation is 2. The summed E-state index contributed by atoms with van der Waals surface area (Å²) in [4.78, 5) is 9.14. The van der Waals surface area contributed by atoms with Gasteiger partial charge in [-0.25, -0.2) is 9.97 Å². The Bertz CT molecular complexity index is 735. The smallest absolute Gasteiger partial charge is 0.223 e. The lowest BCUT2D eigenvalue weighted by Gasteiger charge is -2.21. The molecule has 1 saturated carbocycles. The summed E-state index contributed by atoms with van der Waals surface area (Å²) in [6, 6.07) is 2.26. The second-order valence-corrected chi connectivity index (χ2v) is 7.40. The lowest BCUT2D eigenvalue weighted by Crippen LogP contribution is -2.26. The predicted octanol–water partition coefficient (Wildman–Crippen LogP) is 3.57. The van der Waals surface area contributed by atoms with Crippen LogP contribution >= 0.6 is 0 Å². The third-order valence-corrected chi connectivity index (χ3v) is 5.39. The summed E-state index contributed by atoms with van der Waals surface area (Å²) in [6.07, 6.45) is 11.0. The zero-order valence-corrected chi connectivity index (χ0v) is 15.2. The maximum atomic E-state index is 6.12. The van der Waals surface area contributed by atoms with Gasteiger partial charge in [0.2, 0.25) is 5.95 Å². The number of nitrogens with one attached hydrogen (secondary N) is 1. The zero-order valence-electron chi connectivity index (χ0n) is 15.2. The van der Waals surface area contributed by atoms with E-state index >= 15 is 0 Å². The maximum absolute atomic E-state index is 6.12. The van der Waals surface area contributed by atoms with E-state index < -0.39 is 0 Å². The summed E-state index contributed by atoms with van der Waals surface area (Å²) in [6.45, 7) is 5.87. The van der Waals surface area contributed by atoms with E-state index in [-0.39, 0.29) is 5.60 Å². The summed E-state index contributed by atoms with van der Waals surface area (Å²) in [5.74, 6) is 0.684. The molecule has 1 aliphatic carbocycles. The fraction of sp³-hybridized carbons (Fsp3) is 0.632. The van der Waals surface area contributed by atoms with Crippen molar-refractivity contribution in [3.8, 4) is 11.3 Å². The van der Waals surface area contributed by atoms with Gasteiger partial charge in [0.05, 0.1) is 29.6 Å². The number of hydrogen-bond acceptors (Lipinski definition) is 5. The minimum atomic E-state index is 0.118. The highest BCUT2D eigenvalue weighted by molar-refractivity contribution is 5.61. The van der Waals surface area contributed by atoms with Crippen LogP contribution in [0.15, 0.2) is 18.5 Å². The average molecular weight is 341 g/mol. The number of hydrogen-bond donors (Lipinski definition) is 1. The predicted molar refractivity (Wildman–Crippen MR) is 97.5 cm³/mol. The molecule has 1 N–H and O–H groups in total. The van der Waals surface area contributed by atoms with Gasteiger partial charge in [0.15, 0.2) is 0 Å². The van der Waals surface area contributed by atoms with Crippen molar-refractivity contribution >= 4 is 5.95 Å². The molecule has 1 unspecified atom stereocenters. The Morgan fingerprint density at radius 3 is 3.00 bits per heavy atom. The van der Waals surface area contributed by atoms with Crippen molar-refractivity contribution in [2.24, 2.45) is 0 Å². The van der Waals surface area contributed by atoms with Gasteiger partial charge in [0.1, 0.15) is 0 Å². The molecular weight excluding hydrogens is 314 g/mol. The monoisotopic (exact) mass is 341 g/mol. The van der Waals surface area contributed by atoms with Crippen molar-refractivity contribution in [1.82, 2.24) is 19.7 Å². The fourth-order valence-electron chi connectivity index (χ4n) is 4.18. The third kappa shape index (κ3) is 3.40. The van der Waals surface area contributed by atoms with Crippen LogP contribution in [-0.4, -0.2) is 38.0 Å². The maximum Gasteiger partial charge on any atom is 0.223 e. The zero-order chi connectivity index (χ0) is 17.3. The molecule has 1 spiro atoms. The number of anilines is 1. The number of aromatic nitrogens is 4. The van der Waals surface area contributed by atoms with E-state index in [1.54, 1.807) is 0 Å². The normalized spacial score (nSPS) is 21.9. The lowest BCUT2D eigenvalue weighted by atomic mass is 9.96. The van der Waals surface area contributed by atoms with Crippen molar-refractivity contribution in [3.05, 3.63) is 24.2 Å². The van der Waals surface area contributed by atoms with E-state index in [1.165, 1.54) is 25.7 Å². The molecule has 6 heteroatoms. The molecule has 0 aromatic carbocycles. The molecule has 1 saturated heterocycles. The first-order chi connectivity index (χ1) is 12.2. The van der Waals surface area contributed by atoms with Gasteiger partial charge in [0, 0.05) is 24.5 Å². The number of rotatable bonds is 5. The van der Waals surface area contributed by atoms with E-state index in [1.807, 2.05) is 23.9 Å². The molecule has 1 aliphatic heterocycles. The van der Waals surface area contributed by atoms with Gasteiger partial charge in [-0.2, -0.15) is 5.10 Å². The topological polar surface area (TPSA) is 64.9 Å². The van der Waals surface area contributed by atoms with Crippen LogP contribution in [0.25, 0.3) is 11.3 Å². The molecular formula is C19H27N5O. The van der Waals surface area contributed by atoms with Gasteiger partial charge >= 0.3 is 0 Å². The molecule has 0 amide bonds. The summed E-state index contributed by atoms with van der Waals surface area (Å²) >= 11 is 0. The third-order valence-electron chi connectivity index (χ3n) is 5.39. The molecule has 2 aliphatic rings. The van der Waals surface area contributed by atoms with Crippen LogP contribution in [0.3, 0.4) is 0 Å². The van der Waals surface area contributed by atoms with Crippen molar-refractivity contribution in [3.63, 3.8) is 0 Å². The molecule has 2 fully saturated rings. The molecule has 1 atom stereocenters. The largest absolute Gasteiger partial charge is 0.373 e. The molecule has 134 valence electrons. The highest BCUT2D eigenvalue weighted by Gasteiger charge is 2.42. The number of nitrogens with zero attached hydrogens (tertiary/aromatic N) is 4. The molecule has 25 heavy (non-hydrogen) atoms. The van der Waals surface area contributed by atoms with Crippen LogP contribution in [-0.2, 0) is 11.3 Å². The van der Waals surface area contributed by atoms with Crippen LogP contribution < -0.4 is 5.32 Å². The van der Waals surface area contributed by atoms with Gasteiger partial charge in [-0.1, -0.05) is 19.8 Å². The minimum absolute atomic E-state index is 0.118. The van der Waals surface area contributed by atoms with E-state index in [2.05, 4.69) is 28.5 Å². The summed E-state index contributed by atoms with van der Waals surface area (Å²) < 4.78 is 8.11. The molecule has 2 aromatic heterocycles. The molecule has 0 radical (unpaired) electrons. The van der Waals surface area contributed by atoms with Gasteiger partial charge in [0.25, 0.3) is 0 Å². The molecule has 3 heterocycles. The second kappa shape index (κ2) is 6.75. The highest BCUT2D eigenvalue weighted by Crippen LogP contribution is 2.41. The summed E-state index contributed by atoms with van der Waals surface area (Å²) in [7, 11) is 0. The number of ether oxygens (including phenoxy) is 1. The van der Waals surface area contributed by atoms with Gasteiger partial charge < -0.3 is 10.1 Å². The Balaban J connectivity index is 1.48. The van der Waals surface area contributed by atoms with E-state index in [4.69, 9.17) is 9.72 Å². The first-order valence-electron chi connectivity index (χ1n) is 9.45. The average Bonchev–Trinajstić information content (AvgIpc) is 3.31.